The van der Waals surface area contributed by atoms with Crippen LogP contribution in [0.1, 0.15) is 50.1 Å². The summed E-state index contributed by atoms with van der Waals surface area (Å²) >= 11 is 0. The van der Waals surface area contributed by atoms with Crippen molar-refractivity contribution in [2.45, 2.75) is 49.4 Å². The topological polar surface area (TPSA) is 46.5 Å². The molecule has 0 saturated heterocycles. The molecule has 0 aliphatic heterocycles. The van der Waals surface area contributed by atoms with Crippen molar-refractivity contribution in [3.63, 3.8) is 0 Å². The van der Waals surface area contributed by atoms with E-state index in [1.807, 2.05) is 6.07 Å². The van der Waals surface area contributed by atoms with Crippen molar-refractivity contribution in [2.75, 3.05) is 0 Å². The third-order valence-electron chi connectivity index (χ3n) is 15.9. The summed E-state index contributed by atoms with van der Waals surface area (Å²) in [5, 5.41) is 10.1. The lowest BCUT2D eigenvalue weighted by atomic mass is 9.97. The number of nitriles is 1. The Morgan fingerprint density at radius 2 is 0.458 bits per heavy atom. The molecule has 0 saturated carbocycles. The zero-order chi connectivity index (χ0) is 69.5. The first-order valence-electron chi connectivity index (χ1n) is 27.4. The molecule has 12 rings (SSSR count). The molecular formula is C68H30F24N4. The Balaban J connectivity index is 1.24. The molecule has 0 amide bonds. The van der Waals surface area contributed by atoms with E-state index in [2.05, 4.69) is 4.98 Å². The van der Waals surface area contributed by atoms with Gasteiger partial charge in [0.25, 0.3) is 0 Å². The molecule has 0 atom stereocenters. The van der Waals surface area contributed by atoms with Gasteiger partial charge in [-0.25, -0.2) is 0 Å². The van der Waals surface area contributed by atoms with Crippen LogP contribution in [0.25, 0.3) is 111 Å². The van der Waals surface area contributed by atoms with E-state index in [4.69, 9.17) is 0 Å². The molecule has 96 heavy (non-hydrogen) atoms. The van der Waals surface area contributed by atoms with Crippen LogP contribution < -0.4 is 0 Å². The highest BCUT2D eigenvalue weighted by atomic mass is 19.4. The van der Waals surface area contributed by atoms with Crippen LogP contribution in [0.3, 0.4) is 0 Å². The lowest BCUT2D eigenvalue weighted by Crippen LogP contribution is -2.11. The van der Waals surface area contributed by atoms with E-state index in [0.717, 1.165) is 60.9 Å². The van der Waals surface area contributed by atoms with Gasteiger partial charge in [-0.3, -0.25) is 4.98 Å². The fourth-order valence-corrected chi connectivity index (χ4v) is 11.5. The molecule has 0 unspecified atom stereocenters. The Hall–Kier alpha value is -10.5. The highest BCUT2D eigenvalue weighted by molar-refractivity contribution is 6.14. The number of halogens is 24. The Morgan fingerprint density at radius 1 is 0.250 bits per heavy atom. The van der Waals surface area contributed by atoms with Crippen LogP contribution in [0.5, 0.6) is 0 Å². The van der Waals surface area contributed by atoms with Gasteiger partial charge in [0, 0.05) is 27.1 Å². The first kappa shape index (κ1) is 65.6. The van der Waals surface area contributed by atoms with Gasteiger partial charge in [-0.05, 0) is 159 Å². The van der Waals surface area contributed by atoms with E-state index in [-0.39, 0.29) is 118 Å². The highest BCUT2D eigenvalue weighted by Gasteiger charge is 2.42. The quantitative estimate of drug-likeness (QED) is 0.149. The Bertz CT molecular complexity index is 4490. The van der Waals surface area contributed by atoms with E-state index >= 15 is 0 Å². The minimum atomic E-state index is -5.39. The van der Waals surface area contributed by atoms with Crippen molar-refractivity contribution in [1.29, 1.82) is 5.26 Å². The van der Waals surface area contributed by atoms with Gasteiger partial charge in [-0.2, -0.15) is 111 Å². The molecule has 4 nitrogen and oxygen atoms in total. The van der Waals surface area contributed by atoms with Crippen LogP contribution in [0.15, 0.2) is 182 Å². The number of alkyl halides is 24. The van der Waals surface area contributed by atoms with Gasteiger partial charge >= 0.3 is 49.4 Å². The number of fused-ring (bicyclic) bond motifs is 6. The van der Waals surface area contributed by atoms with Crippen LogP contribution in [-0.4, -0.2) is 14.1 Å². The number of nitrogens with zero attached hydrogens (tertiary/aromatic N) is 4. The van der Waals surface area contributed by atoms with Crippen molar-refractivity contribution in [3.8, 4) is 73.1 Å². The molecule has 0 spiro atoms. The molecule has 3 heterocycles. The molecule has 9 aromatic carbocycles. The molecule has 12 aromatic rings. The van der Waals surface area contributed by atoms with Crippen LogP contribution in [0.2, 0.25) is 0 Å². The summed E-state index contributed by atoms with van der Waals surface area (Å²) in [7, 11) is 0. The summed E-state index contributed by atoms with van der Waals surface area (Å²) in [6, 6.07) is 23.0. The number of hydrogen-bond donors (Lipinski definition) is 0. The lowest BCUT2D eigenvalue weighted by molar-refractivity contribution is -0.144. The molecule has 0 radical (unpaired) electrons. The molecule has 0 fully saturated rings. The maximum absolute atomic E-state index is 14.5. The molecule has 490 valence electrons. The van der Waals surface area contributed by atoms with Crippen molar-refractivity contribution < 1.29 is 105 Å². The predicted octanol–water partition coefficient (Wildman–Crippen LogP) is 23.6. The maximum Gasteiger partial charge on any atom is 0.416 e. The second-order valence-corrected chi connectivity index (χ2v) is 22.0. The minimum Gasteiger partial charge on any atom is -0.307 e. The van der Waals surface area contributed by atoms with Crippen LogP contribution >= 0.6 is 0 Å². The zero-order valence-electron chi connectivity index (χ0n) is 47.2. The van der Waals surface area contributed by atoms with Crippen molar-refractivity contribution >= 4 is 43.6 Å². The van der Waals surface area contributed by atoms with E-state index in [0.29, 0.717) is 48.5 Å². The van der Waals surface area contributed by atoms with Crippen LogP contribution in [0.4, 0.5) is 105 Å². The Labute approximate surface area is 521 Å². The average Bonchev–Trinajstić information content (AvgIpc) is 1.53. The maximum atomic E-state index is 14.5. The third-order valence-corrected chi connectivity index (χ3v) is 15.9. The molecule has 0 aliphatic carbocycles. The van der Waals surface area contributed by atoms with Gasteiger partial charge in [0.2, 0.25) is 0 Å². The van der Waals surface area contributed by atoms with E-state index in [9.17, 15) is 111 Å². The second kappa shape index (κ2) is 22.3. The average molecular weight is 1360 g/mol. The molecule has 3 aromatic heterocycles. The van der Waals surface area contributed by atoms with Crippen LogP contribution in [-0.2, 0) is 49.4 Å². The minimum absolute atomic E-state index is 0.0215. The fraction of sp³-hybridized carbons (Fsp3) is 0.118. The summed E-state index contributed by atoms with van der Waals surface area (Å²) in [6.45, 7) is 0. The van der Waals surface area contributed by atoms with Gasteiger partial charge in [0.1, 0.15) is 0 Å². The number of rotatable bonds is 7. The predicted molar refractivity (Wildman–Crippen MR) is 305 cm³/mol. The number of benzene rings is 9. The second-order valence-electron chi connectivity index (χ2n) is 22.0. The number of pyridine rings is 1. The van der Waals surface area contributed by atoms with Gasteiger partial charge in [-0.1, -0.05) is 60.7 Å². The SMILES string of the molecule is N#Cc1ccc(-c2c(-n3c4cc(-c5cc(C(F)(F)F)cc(C(F)(F)F)c5)ccc4c4ccc(-c5cc(C(F)(F)F)cc(C(F)(F)F)c5)cc43)cncc2-n2c3cc(-c4cc(C(F)(F)F)cc(C(F)(F)F)c4)ccc3c3ccc(-c4cc(C(F)(F)F)cc(C(F)(F)F)c4)cc32)cc1. The van der Waals surface area contributed by atoms with Gasteiger partial charge in [0.15, 0.2) is 0 Å². The summed E-state index contributed by atoms with van der Waals surface area (Å²) in [6.07, 6.45) is -41.0. The molecule has 0 N–H and O–H groups in total. The summed E-state index contributed by atoms with van der Waals surface area (Å²) in [4.78, 5) is 4.48. The third kappa shape index (κ3) is 12.3. The summed E-state index contributed by atoms with van der Waals surface area (Å²) < 4.78 is 349. The number of hydrogen-bond acceptors (Lipinski definition) is 2. The van der Waals surface area contributed by atoms with E-state index < -0.39 is 116 Å². The van der Waals surface area contributed by atoms with Gasteiger partial charge in [-0.15, -0.1) is 0 Å². The van der Waals surface area contributed by atoms with Crippen LogP contribution in [0, 0.1) is 11.3 Å². The first-order chi connectivity index (χ1) is 44.5. The van der Waals surface area contributed by atoms with Crippen molar-refractivity contribution in [3.05, 3.63) is 232 Å². The first-order valence-corrected chi connectivity index (χ1v) is 27.4. The largest absolute Gasteiger partial charge is 0.416 e. The fourth-order valence-electron chi connectivity index (χ4n) is 11.5. The number of aromatic nitrogens is 3. The van der Waals surface area contributed by atoms with Crippen molar-refractivity contribution in [2.24, 2.45) is 0 Å². The Morgan fingerprint density at radius 3 is 0.656 bits per heavy atom. The molecule has 0 aliphatic rings. The monoisotopic (exact) mass is 1360 g/mol. The molecular weight excluding hydrogens is 1330 g/mol. The van der Waals surface area contributed by atoms with Crippen molar-refractivity contribution in [1.82, 2.24) is 14.1 Å². The summed E-state index contributed by atoms with van der Waals surface area (Å²) in [5.74, 6) is 0. The summed E-state index contributed by atoms with van der Waals surface area (Å²) in [5.41, 5.74) is -20.1. The van der Waals surface area contributed by atoms with Gasteiger partial charge in [0.05, 0.1) is 102 Å². The molecule has 0 bridgehead atoms. The standard InChI is InChI=1S/C68H30F24N4/c69-61(70,71)42-13-38(14-43(25-42)62(72,73)74)34-5-9-50-51-10-6-35(39-15-44(63(75,76)77)26-45(16-39)64(78,79)80)22-55(51)95(54(50)21-34)58-30-94-31-59(60(58)33-3-1-32(29-93)2-4-33)96-56-23-36(40-17-46(65(81,82)83)27-47(18-40)66(84,85)86)7-11-52(56)53-12-8-37(24-57(53)96)41-19-48(67(87,88)89)28-49(20-41)68(90,91)92/h1-28,30-31H. The van der Waals surface area contributed by atoms with E-state index in [1.54, 1.807) is 0 Å². The smallest absolute Gasteiger partial charge is 0.307 e. The van der Waals surface area contributed by atoms with Gasteiger partial charge < -0.3 is 9.13 Å². The lowest BCUT2D eigenvalue weighted by Gasteiger charge is -2.20. The normalized spacial score (nSPS) is 13.2. The Kier molecular flexibility index (Phi) is 15.3. The highest BCUT2D eigenvalue weighted by Crippen LogP contribution is 2.49. The van der Waals surface area contributed by atoms with E-state index in [1.165, 1.54) is 57.7 Å². The molecule has 28 heteroatoms. The zero-order valence-corrected chi connectivity index (χ0v) is 47.2.